The smallest absolute Gasteiger partial charge is 0.125 e. The highest BCUT2D eigenvalue weighted by molar-refractivity contribution is 5.72. The minimum atomic E-state index is -0.219. The minimum Gasteiger partial charge on any atom is -0.299 e. The van der Waals surface area contributed by atoms with Crippen molar-refractivity contribution in [1.29, 1.82) is 0 Å². The van der Waals surface area contributed by atoms with Gasteiger partial charge < -0.3 is 0 Å². The van der Waals surface area contributed by atoms with Gasteiger partial charge in [0.05, 0.1) is 17.9 Å². The largest absolute Gasteiger partial charge is 0.299 e. The van der Waals surface area contributed by atoms with Gasteiger partial charge in [-0.15, -0.1) is 5.12 Å². The first-order chi connectivity index (χ1) is 8.74. The maximum atomic E-state index is 13.3. The molecule has 0 saturated heterocycles. The van der Waals surface area contributed by atoms with Gasteiger partial charge in [0.2, 0.25) is 0 Å². The van der Waals surface area contributed by atoms with E-state index in [1.165, 1.54) is 11.6 Å². The number of benzene rings is 2. The maximum Gasteiger partial charge on any atom is 0.125 e. The highest BCUT2D eigenvalue weighted by Gasteiger charge is 2.24. The normalized spacial score (nSPS) is 14.4. The summed E-state index contributed by atoms with van der Waals surface area (Å²) in [5.74, 6) is -0.219. The van der Waals surface area contributed by atoms with Crippen molar-refractivity contribution < 1.29 is 4.39 Å². The molecule has 92 valence electrons. The highest BCUT2D eigenvalue weighted by Crippen LogP contribution is 2.34. The summed E-state index contributed by atoms with van der Waals surface area (Å²) >= 11 is 0. The monoisotopic (exact) mass is 243 g/mol. The molecule has 2 aromatic rings. The zero-order valence-electron chi connectivity index (χ0n) is 10.1. The molecule has 4 heteroatoms. The van der Waals surface area contributed by atoms with Gasteiger partial charge in [-0.3, -0.25) is 10.4 Å². The van der Waals surface area contributed by atoms with Crippen LogP contribution in [0.3, 0.4) is 0 Å². The van der Waals surface area contributed by atoms with Crippen LogP contribution in [0.15, 0.2) is 48.5 Å². The third-order valence-electron chi connectivity index (χ3n) is 3.06. The summed E-state index contributed by atoms with van der Waals surface area (Å²) in [6, 6.07) is 14.9. The summed E-state index contributed by atoms with van der Waals surface area (Å²) in [6.07, 6.45) is 0. The van der Waals surface area contributed by atoms with E-state index in [0.29, 0.717) is 6.54 Å². The van der Waals surface area contributed by atoms with Crippen molar-refractivity contribution in [2.45, 2.75) is 6.54 Å². The van der Waals surface area contributed by atoms with E-state index in [-0.39, 0.29) is 5.82 Å². The predicted octanol–water partition coefficient (Wildman–Crippen LogP) is 3.02. The van der Waals surface area contributed by atoms with Crippen molar-refractivity contribution in [3.8, 4) is 0 Å². The Bertz CT molecular complexity index is 556. The molecule has 1 aliphatic rings. The molecule has 0 atom stereocenters. The molecule has 0 saturated carbocycles. The second-order valence-corrected chi connectivity index (χ2v) is 4.34. The van der Waals surface area contributed by atoms with Gasteiger partial charge in [-0.1, -0.05) is 30.3 Å². The van der Waals surface area contributed by atoms with Gasteiger partial charge in [-0.25, -0.2) is 4.39 Å². The lowest BCUT2D eigenvalue weighted by Gasteiger charge is -2.25. The topological polar surface area (TPSA) is 18.5 Å². The molecule has 0 amide bonds. The molecule has 0 aliphatic carbocycles. The Morgan fingerprint density at radius 2 is 1.89 bits per heavy atom. The van der Waals surface area contributed by atoms with Gasteiger partial charge in [0.25, 0.3) is 0 Å². The van der Waals surface area contributed by atoms with Crippen molar-refractivity contribution >= 4 is 11.4 Å². The Kier molecular flexibility index (Phi) is 2.64. The first-order valence-corrected chi connectivity index (χ1v) is 5.85. The minimum absolute atomic E-state index is 0.219. The van der Waals surface area contributed by atoms with Crippen molar-refractivity contribution in [2.24, 2.45) is 0 Å². The van der Waals surface area contributed by atoms with Crippen molar-refractivity contribution in [3.63, 3.8) is 0 Å². The third-order valence-corrected chi connectivity index (χ3v) is 3.06. The van der Waals surface area contributed by atoms with Gasteiger partial charge in [-0.05, 0) is 17.7 Å². The first-order valence-electron chi connectivity index (χ1n) is 5.85. The Hall–Kier alpha value is -2.07. The summed E-state index contributed by atoms with van der Waals surface area (Å²) in [7, 11) is 1.92. The standard InChI is InChI=1S/C14H14FN3/c1-17-16-13-8-7-12(15)9-14(13)18(17)10-11-5-3-2-4-6-11/h2-9,16H,10H2,1H3. The number of fused-ring (bicyclic) bond motifs is 1. The molecule has 0 bridgehead atoms. The molecule has 0 fully saturated rings. The SMILES string of the molecule is CN1Nc2ccc(F)cc2N1Cc1ccccc1. The maximum absolute atomic E-state index is 13.3. The van der Waals surface area contributed by atoms with Gasteiger partial charge >= 0.3 is 0 Å². The average Bonchev–Trinajstić information content (AvgIpc) is 2.67. The van der Waals surface area contributed by atoms with Crippen molar-refractivity contribution in [3.05, 3.63) is 59.9 Å². The predicted molar refractivity (Wildman–Crippen MR) is 70.4 cm³/mol. The van der Waals surface area contributed by atoms with Gasteiger partial charge in [0.15, 0.2) is 0 Å². The number of hydrazine groups is 2. The zero-order valence-corrected chi connectivity index (χ0v) is 10.1. The number of anilines is 2. The van der Waals surface area contributed by atoms with E-state index in [2.05, 4.69) is 17.6 Å². The number of halogens is 1. The Balaban J connectivity index is 1.92. The van der Waals surface area contributed by atoms with Crippen LogP contribution in [0.4, 0.5) is 15.8 Å². The van der Waals surface area contributed by atoms with E-state index in [9.17, 15) is 4.39 Å². The van der Waals surface area contributed by atoms with Crippen LogP contribution in [-0.4, -0.2) is 12.2 Å². The molecule has 0 unspecified atom stereocenters. The summed E-state index contributed by atoms with van der Waals surface area (Å²) < 4.78 is 13.3. The lowest BCUT2D eigenvalue weighted by atomic mass is 10.2. The molecule has 0 spiro atoms. The molecule has 1 aliphatic heterocycles. The van der Waals surface area contributed by atoms with Crippen LogP contribution in [0.5, 0.6) is 0 Å². The summed E-state index contributed by atoms with van der Waals surface area (Å²) in [5, 5.41) is 3.88. The van der Waals surface area contributed by atoms with E-state index in [0.717, 1.165) is 11.4 Å². The molecule has 1 N–H and O–H groups in total. The van der Waals surface area contributed by atoms with Gasteiger partial charge in [0.1, 0.15) is 5.82 Å². The van der Waals surface area contributed by atoms with E-state index in [1.54, 1.807) is 12.1 Å². The Morgan fingerprint density at radius 1 is 1.11 bits per heavy atom. The van der Waals surface area contributed by atoms with E-state index >= 15 is 0 Å². The highest BCUT2D eigenvalue weighted by atomic mass is 19.1. The molecule has 0 aromatic heterocycles. The quantitative estimate of drug-likeness (QED) is 0.874. The van der Waals surface area contributed by atoms with Crippen LogP contribution in [0.2, 0.25) is 0 Å². The number of hydrogen-bond donors (Lipinski definition) is 1. The molecular formula is C14H14FN3. The first kappa shape index (κ1) is 11.0. The van der Waals surface area contributed by atoms with Gasteiger partial charge in [0, 0.05) is 13.1 Å². The molecule has 1 heterocycles. The molecule has 0 radical (unpaired) electrons. The van der Waals surface area contributed by atoms with Crippen LogP contribution in [0, 0.1) is 5.82 Å². The fourth-order valence-electron chi connectivity index (χ4n) is 2.16. The Morgan fingerprint density at radius 3 is 2.67 bits per heavy atom. The molecule has 18 heavy (non-hydrogen) atoms. The number of rotatable bonds is 2. The fourth-order valence-corrected chi connectivity index (χ4v) is 2.16. The molecule has 3 rings (SSSR count). The van der Waals surface area contributed by atoms with E-state index in [4.69, 9.17) is 0 Å². The molecular weight excluding hydrogens is 229 g/mol. The lowest BCUT2D eigenvalue weighted by Crippen LogP contribution is -2.37. The van der Waals surface area contributed by atoms with Crippen LogP contribution in [0.1, 0.15) is 5.56 Å². The van der Waals surface area contributed by atoms with E-state index in [1.807, 2.05) is 35.4 Å². The second kappa shape index (κ2) is 4.31. The van der Waals surface area contributed by atoms with E-state index < -0.39 is 0 Å². The van der Waals surface area contributed by atoms with Crippen LogP contribution >= 0.6 is 0 Å². The van der Waals surface area contributed by atoms with Crippen molar-refractivity contribution in [1.82, 2.24) is 5.12 Å². The summed E-state index contributed by atoms with van der Waals surface area (Å²) in [6.45, 7) is 0.709. The average molecular weight is 243 g/mol. The summed E-state index contributed by atoms with van der Waals surface area (Å²) in [4.78, 5) is 0. The number of nitrogens with zero attached hydrogens (tertiary/aromatic N) is 2. The number of nitrogens with one attached hydrogen (secondary N) is 1. The van der Waals surface area contributed by atoms with Gasteiger partial charge in [-0.2, -0.15) is 0 Å². The molecule has 3 nitrogen and oxygen atoms in total. The zero-order chi connectivity index (χ0) is 12.5. The number of hydrogen-bond acceptors (Lipinski definition) is 3. The van der Waals surface area contributed by atoms with Crippen molar-refractivity contribution in [2.75, 3.05) is 17.5 Å². The van der Waals surface area contributed by atoms with Crippen LogP contribution < -0.4 is 10.4 Å². The summed E-state index contributed by atoms with van der Waals surface area (Å²) in [5.41, 5.74) is 6.16. The van der Waals surface area contributed by atoms with Crippen LogP contribution in [-0.2, 0) is 6.54 Å². The van der Waals surface area contributed by atoms with Crippen LogP contribution in [0.25, 0.3) is 0 Å². The fraction of sp³-hybridized carbons (Fsp3) is 0.143. The Labute approximate surface area is 105 Å². The lowest BCUT2D eigenvalue weighted by molar-refractivity contribution is 0.381. The third kappa shape index (κ3) is 1.91. The molecule has 2 aromatic carbocycles. The second-order valence-electron chi connectivity index (χ2n) is 4.34.